The van der Waals surface area contributed by atoms with Crippen molar-refractivity contribution in [2.24, 2.45) is 0 Å². The van der Waals surface area contributed by atoms with Crippen LogP contribution in [-0.4, -0.2) is 34.5 Å². The molecule has 1 aromatic heterocycles. The third-order valence-electron chi connectivity index (χ3n) is 4.09. The highest BCUT2D eigenvalue weighted by Crippen LogP contribution is 2.22. The second-order valence-electron chi connectivity index (χ2n) is 7.83. The van der Waals surface area contributed by atoms with Crippen LogP contribution in [0.25, 0.3) is 10.2 Å². The van der Waals surface area contributed by atoms with E-state index in [0.29, 0.717) is 12.2 Å². The van der Waals surface area contributed by atoms with Crippen LogP contribution < -0.4 is 5.32 Å². The predicted octanol–water partition coefficient (Wildman–Crippen LogP) is 4.84. The van der Waals surface area contributed by atoms with Crippen LogP contribution in [0.4, 0.5) is 10.5 Å². The Hall–Kier alpha value is -2.93. The number of hydrogen-bond donors (Lipinski definition) is 1. The van der Waals surface area contributed by atoms with Gasteiger partial charge in [0.1, 0.15) is 10.6 Å². The molecular formula is C22H25N3O3S. The quantitative estimate of drug-likeness (QED) is 0.652. The number of likely N-dealkylation sites (N-methyl/N-ethyl adjacent to an activating group) is 1. The molecule has 0 aliphatic rings. The Bertz CT molecular complexity index is 973. The Kier molecular flexibility index (Phi) is 6.17. The van der Waals surface area contributed by atoms with Gasteiger partial charge >= 0.3 is 6.09 Å². The summed E-state index contributed by atoms with van der Waals surface area (Å²) in [6, 6.07) is 15.1. The van der Waals surface area contributed by atoms with Gasteiger partial charge in [0, 0.05) is 12.7 Å². The first-order chi connectivity index (χ1) is 13.7. The summed E-state index contributed by atoms with van der Waals surface area (Å²) in [7, 11) is 1.78. The summed E-state index contributed by atoms with van der Waals surface area (Å²) in [6.07, 6.45) is -0.217. The highest BCUT2D eigenvalue weighted by molar-refractivity contribution is 7.18. The van der Waals surface area contributed by atoms with Crippen molar-refractivity contribution in [2.45, 2.75) is 39.3 Å². The van der Waals surface area contributed by atoms with Gasteiger partial charge in [-0.2, -0.15) is 0 Å². The molecule has 0 bridgehead atoms. The summed E-state index contributed by atoms with van der Waals surface area (Å²) in [6.45, 7) is 5.92. The van der Waals surface area contributed by atoms with Gasteiger partial charge in [0.25, 0.3) is 0 Å². The molecule has 6 nitrogen and oxygen atoms in total. The first-order valence-electron chi connectivity index (χ1n) is 9.37. The van der Waals surface area contributed by atoms with Gasteiger partial charge in [0.05, 0.1) is 23.2 Å². The van der Waals surface area contributed by atoms with Crippen LogP contribution in [0.5, 0.6) is 0 Å². The van der Waals surface area contributed by atoms with E-state index in [1.807, 2.05) is 57.2 Å². The summed E-state index contributed by atoms with van der Waals surface area (Å²) in [4.78, 5) is 30.6. The average molecular weight is 412 g/mol. The minimum Gasteiger partial charge on any atom is -0.444 e. The summed E-state index contributed by atoms with van der Waals surface area (Å²) >= 11 is 1.60. The molecule has 1 heterocycles. The molecule has 0 atom stereocenters. The van der Waals surface area contributed by atoms with Crippen LogP contribution in [0, 0.1) is 0 Å². The van der Waals surface area contributed by atoms with Gasteiger partial charge in [0.15, 0.2) is 0 Å². The Balaban J connectivity index is 1.55. The number of benzene rings is 2. The molecule has 0 fully saturated rings. The van der Waals surface area contributed by atoms with Gasteiger partial charge in [-0.1, -0.05) is 24.3 Å². The number of amides is 2. The smallest absolute Gasteiger partial charge is 0.412 e. The minimum atomic E-state index is -0.551. The van der Waals surface area contributed by atoms with Crippen molar-refractivity contribution < 1.29 is 14.3 Å². The lowest BCUT2D eigenvalue weighted by atomic mass is 10.1. The molecule has 0 aliphatic heterocycles. The van der Waals surface area contributed by atoms with Crippen molar-refractivity contribution in [2.75, 3.05) is 12.4 Å². The summed E-state index contributed by atoms with van der Waals surface area (Å²) in [5.41, 5.74) is 1.91. The van der Waals surface area contributed by atoms with Crippen LogP contribution in [0.2, 0.25) is 0 Å². The van der Waals surface area contributed by atoms with E-state index in [1.165, 1.54) is 0 Å². The molecule has 2 aromatic carbocycles. The minimum absolute atomic E-state index is 0.0112. The largest absolute Gasteiger partial charge is 0.444 e. The second-order valence-corrected chi connectivity index (χ2v) is 8.94. The van der Waals surface area contributed by atoms with Crippen molar-refractivity contribution in [3.63, 3.8) is 0 Å². The fraction of sp³-hybridized carbons (Fsp3) is 0.318. The molecule has 0 spiro atoms. The van der Waals surface area contributed by atoms with E-state index in [1.54, 1.807) is 35.4 Å². The summed E-state index contributed by atoms with van der Waals surface area (Å²) in [5, 5.41) is 3.60. The Morgan fingerprint density at radius 2 is 1.79 bits per heavy atom. The molecule has 0 unspecified atom stereocenters. The number of hydrogen-bond acceptors (Lipinski definition) is 5. The molecule has 152 valence electrons. The summed E-state index contributed by atoms with van der Waals surface area (Å²) in [5.74, 6) is 0.0112. The Morgan fingerprint density at radius 3 is 2.45 bits per heavy atom. The SMILES string of the molecule is CN(Cc1nc2ccccc2s1)C(=O)Cc1ccc(NC(=O)OC(C)(C)C)cc1. The highest BCUT2D eigenvalue weighted by atomic mass is 32.1. The third-order valence-corrected chi connectivity index (χ3v) is 5.11. The molecule has 1 N–H and O–H groups in total. The lowest BCUT2D eigenvalue weighted by molar-refractivity contribution is -0.129. The maximum atomic E-state index is 12.6. The van der Waals surface area contributed by atoms with E-state index in [9.17, 15) is 9.59 Å². The normalized spacial score (nSPS) is 11.3. The third kappa shape index (κ3) is 6.02. The first kappa shape index (κ1) is 20.8. The highest BCUT2D eigenvalue weighted by Gasteiger charge is 2.16. The lowest BCUT2D eigenvalue weighted by Crippen LogP contribution is -2.28. The number of nitrogens with one attached hydrogen (secondary N) is 1. The number of para-hydroxylation sites is 1. The van der Waals surface area contributed by atoms with Crippen LogP contribution in [-0.2, 0) is 22.5 Å². The molecule has 0 saturated carbocycles. The predicted molar refractivity (Wildman–Crippen MR) is 116 cm³/mol. The molecule has 2 amide bonds. The number of carbonyl (C=O) groups is 2. The fourth-order valence-corrected chi connectivity index (χ4v) is 3.74. The van der Waals surface area contributed by atoms with Crippen LogP contribution >= 0.6 is 11.3 Å². The number of nitrogens with zero attached hydrogens (tertiary/aromatic N) is 2. The van der Waals surface area contributed by atoms with Gasteiger partial charge in [-0.15, -0.1) is 11.3 Å². The topological polar surface area (TPSA) is 71.5 Å². The zero-order chi connectivity index (χ0) is 21.0. The number of aromatic nitrogens is 1. The number of fused-ring (bicyclic) bond motifs is 1. The zero-order valence-corrected chi connectivity index (χ0v) is 17.9. The van der Waals surface area contributed by atoms with Crippen molar-refractivity contribution in [1.82, 2.24) is 9.88 Å². The number of anilines is 1. The number of ether oxygens (including phenoxy) is 1. The van der Waals surface area contributed by atoms with E-state index in [-0.39, 0.29) is 12.3 Å². The van der Waals surface area contributed by atoms with Gasteiger partial charge in [-0.3, -0.25) is 10.1 Å². The van der Waals surface area contributed by atoms with Crippen LogP contribution in [0.15, 0.2) is 48.5 Å². The molecule has 0 saturated heterocycles. The average Bonchev–Trinajstić information content (AvgIpc) is 3.04. The molecule has 0 aliphatic carbocycles. The number of rotatable bonds is 5. The molecule has 29 heavy (non-hydrogen) atoms. The first-order valence-corrected chi connectivity index (χ1v) is 10.2. The van der Waals surface area contributed by atoms with Gasteiger partial charge in [0.2, 0.25) is 5.91 Å². The number of carbonyl (C=O) groups excluding carboxylic acids is 2. The van der Waals surface area contributed by atoms with Gasteiger partial charge in [-0.25, -0.2) is 9.78 Å². The molecule has 3 rings (SSSR count). The van der Waals surface area contributed by atoms with E-state index in [2.05, 4.69) is 10.3 Å². The van der Waals surface area contributed by atoms with Gasteiger partial charge < -0.3 is 9.64 Å². The lowest BCUT2D eigenvalue weighted by Gasteiger charge is -2.19. The van der Waals surface area contributed by atoms with E-state index in [0.717, 1.165) is 20.8 Å². The Morgan fingerprint density at radius 1 is 1.10 bits per heavy atom. The zero-order valence-electron chi connectivity index (χ0n) is 17.1. The maximum absolute atomic E-state index is 12.6. The Labute approximate surface area is 174 Å². The maximum Gasteiger partial charge on any atom is 0.412 e. The second kappa shape index (κ2) is 8.61. The van der Waals surface area contributed by atoms with Gasteiger partial charge in [-0.05, 0) is 50.6 Å². The van der Waals surface area contributed by atoms with Crippen molar-refractivity contribution in [1.29, 1.82) is 0 Å². The van der Waals surface area contributed by atoms with Crippen molar-refractivity contribution in [3.8, 4) is 0 Å². The van der Waals surface area contributed by atoms with Crippen molar-refractivity contribution >= 4 is 39.2 Å². The van der Waals surface area contributed by atoms with Crippen LogP contribution in [0.1, 0.15) is 31.3 Å². The standard InChI is InChI=1S/C22H25N3O3S/c1-22(2,3)28-21(27)23-16-11-9-15(10-12-16)13-20(26)25(4)14-19-24-17-7-5-6-8-18(17)29-19/h5-12H,13-14H2,1-4H3,(H,23,27). The summed E-state index contributed by atoms with van der Waals surface area (Å²) < 4.78 is 6.35. The monoisotopic (exact) mass is 411 g/mol. The molecule has 7 heteroatoms. The van der Waals surface area contributed by atoms with Crippen LogP contribution in [0.3, 0.4) is 0 Å². The fourth-order valence-electron chi connectivity index (χ4n) is 2.72. The molecule has 0 radical (unpaired) electrons. The van der Waals surface area contributed by atoms with Crippen molar-refractivity contribution in [3.05, 3.63) is 59.1 Å². The van der Waals surface area contributed by atoms with E-state index in [4.69, 9.17) is 4.74 Å². The van der Waals surface area contributed by atoms with E-state index < -0.39 is 11.7 Å². The molecule has 3 aromatic rings. The van der Waals surface area contributed by atoms with E-state index >= 15 is 0 Å². The molecular weight excluding hydrogens is 386 g/mol. The number of thiazole rings is 1.